The molecular formula is C24H20ClN3O3S. The van der Waals surface area contributed by atoms with Gasteiger partial charge in [-0.05, 0) is 66.8 Å². The van der Waals surface area contributed by atoms with Gasteiger partial charge >= 0.3 is 0 Å². The van der Waals surface area contributed by atoms with Crippen molar-refractivity contribution in [1.82, 2.24) is 10.3 Å². The maximum Gasteiger partial charge on any atom is 0.219 e. The van der Waals surface area contributed by atoms with Crippen molar-refractivity contribution < 1.29 is 13.9 Å². The third-order valence-corrected chi connectivity index (χ3v) is 4.99. The number of hydrogen-bond acceptors (Lipinski definition) is 5. The molecular weight excluding hydrogens is 446 g/mol. The Morgan fingerprint density at radius 1 is 1.00 bits per heavy atom. The Morgan fingerprint density at radius 2 is 1.78 bits per heavy atom. The number of furan rings is 1. The van der Waals surface area contributed by atoms with Gasteiger partial charge in [-0.25, -0.2) is 4.98 Å². The minimum Gasteiger partial charge on any atom is -0.493 e. The van der Waals surface area contributed by atoms with E-state index >= 15 is 0 Å². The van der Waals surface area contributed by atoms with E-state index < -0.39 is 0 Å². The summed E-state index contributed by atoms with van der Waals surface area (Å²) in [6.45, 7) is 0.446. The molecule has 0 amide bonds. The molecule has 0 bridgehead atoms. The molecule has 4 aromatic rings. The Balaban J connectivity index is 1.29. The zero-order chi connectivity index (χ0) is 22.3. The number of pyridine rings is 1. The number of thiocarbonyl (C=S) groups is 1. The van der Waals surface area contributed by atoms with E-state index in [0.29, 0.717) is 34.1 Å². The van der Waals surface area contributed by atoms with Crippen LogP contribution in [0.3, 0.4) is 0 Å². The molecule has 0 aliphatic heterocycles. The maximum atomic E-state index is 5.93. The van der Waals surface area contributed by atoms with Gasteiger partial charge < -0.3 is 24.5 Å². The number of ether oxygens (including phenoxy) is 2. The van der Waals surface area contributed by atoms with Gasteiger partial charge in [0.2, 0.25) is 5.88 Å². The van der Waals surface area contributed by atoms with Crippen LogP contribution in [0.5, 0.6) is 17.4 Å². The van der Waals surface area contributed by atoms with E-state index in [1.165, 1.54) is 0 Å². The summed E-state index contributed by atoms with van der Waals surface area (Å²) < 4.78 is 16.9. The number of methoxy groups -OCH3 is 1. The summed E-state index contributed by atoms with van der Waals surface area (Å²) in [7, 11) is 1.60. The van der Waals surface area contributed by atoms with Crippen LogP contribution in [-0.2, 0) is 6.54 Å². The highest BCUT2D eigenvalue weighted by Crippen LogP contribution is 2.30. The molecule has 6 nitrogen and oxygen atoms in total. The highest BCUT2D eigenvalue weighted by molar-refractivity contribution is 7.80. The minimum absolute atomic E-state index is 0.446. The lowest BCUT2D eigenvalue weighted by Gasteiger charge is -2.11. The van der Waals surface area contributed by atoms with Crippen LogP contribution in [0, 0.1) is 0 Å². The fraction of sp³-hybridized carbons (Fsp3) is 0.0833. The molecule has 0 atom stereocenters. The van der Waals surface area contributed by atoms with E-state index in [1.54, 1.807) is 19.4 Å². The summed E-state index contributed by atoms with van der Waals surface area (Å²) in [4.78, 5) is 4.31. The van der Waals surface area contributed by atoms with Gasteiger partial charge in [-0.1, -0.05) is 23.7 Å². The normalized spacial score (nSPS) is 10.4. The third-order valence-electron chi connectivity index (χ3n) is 4.49. The smallest absolute Gasteiger partial charge is 0.219 e. The van der Waals surface area contributed by atoms with Crippen molar-refractivity contribution >= 4 is 34.6 Å². The number of nitrogens with zero attached hydrogens (tertiary/aromatic N) is 1. The second kappa shape index (κ2) is 10.2. The van der Waals surface area contributed by atoms with Crippen LogP contribution in [0.25, 0.3) is 11.3 Å². The van der Waals surface area contributed by atoms with Crippen molar-refractivity contribution in [2.75, 3.05) is 12.4 Å². The molecule has 2 N–H and O–H groups in total. The highest BCUT2D eigenvalue weighted by atomic mass is 35.5. The molecule has 2 aromatic carbocycles. The van der Waals surface area contributed by atoms with E-state index in [2.05, 4.69) is 15.6 Å². The number of hydrogen-bond donors (Lipinski definition) is 2. The molecule has 0 fully saturated rings. The van der Waals surface area contributed by atoms with Crippen molar-refractivity contribution in [2.45, 2.75) is 6.54 Å². The predicted molar refractivity (Wildman–Crippen MR) is 130 cm³/mol. The van der Waals surface area contributed by atoms with E-state index in [4.69, 9.17) is 37.7 Å². The summed E-state index contributed by atoms with van der Waals surface area (Å²) in [6.07, 6.45) is 1.64. The van der Waals surface area contributed by atoms with Crippen LogP contribution in [0.4, 0.5) is 5.69 Å². The first-order valence-electron chi connectivity index (χ1n) is 9.77. The van der Waals surface area contributed by atoms with Crippen LogP contribution in [0.1, 0.15) is 5.76 Å². The number of rotatable bonds is 7. The number of benzene rings is 2. The first kappa shape index (κ1) is 21.7. The van der Waals surface area contributed by atoms with Gasteiger partial charge in [-0.15, -0.1) is 0 Å². The number of para-hydroxylation sites is 2. The van der Waals surface area contributed by atoms with Crippen molar-refractivity contribution in [2.24, 2.45) is 0 Å². The van der Waals surface area contributed by atoms with Crippen LogP contribution < -0.4 is 20.1 Å². The SMILES string of the molecule is COc1ccccc1Oc1ccc(NC(=S)NCc2ccc(-c3ccc(Cl)cc3)o2)cn1. The van der Waals surface area contributed by atoms with Crippen molar-refractivity contribution in [3.8, 4) is 28.7 Å². The van der Waals surface area contributed by atoms with E-state index in [9.17, 15) is 0 Å². The molecule has 0 radical (unpaired) electrons. The summed E-state index contributed by atoms with van der Waals surface area (Å²) in [5.74, 6) is 3.21. The average Bonchev–Trinajstić information content (AvgIpc) is 3.29. The third kappa shape index (κ3) is 5.57. The predicted octanol–water partition coefficient (Wildman–Crippen LogP) is 6.28. The Labute approximate surface area is 196 Å². The molecule has 2 heterocycles. The lowest BCUT2D eigenvalue weighted by Crippen LogP contribution is -2.27. The topological polar surface area (TPSA) is 68.6 Å². The first-order chi connectivity index (χ1) is 15.6. The molecule has 0 unspecified atom stereocenters. The lowest BCUT2D eigenvalue weighted by molar-refractivity contribution is 0.374. The molecule has 162 valence electrons. The fourth-order valence-electron chi connectivity index (χ4n) is 2.92. The van der Waals surface area contributed by atoms with Gasteiger partial charge in [0.25, 0.3) is 0 Å². The average molecular weight is 466 g/mol. The van der Waals surface area contributed by atoms with Crippen LogP contribution >= 0.6 is 23.8 Å². The van der Waals surface area contributed by atoms with Gasteiger partial charge in [0.1, 0.15) is 11.5 Å². The van der Waals surface area contributed by atoms with Gasteiger partial charge in [-0.2, -0.15) is 0 Å². The number of aromatic nitrogens is 1. The zero-order valence-corrected chi connectivity index (χ0v) is 18.7. The minimum atomic E-state index is 0.446. The van der Waals surface area contributed by atoms with E-state index in [0.717, 1.165) is 22.8 Å². The summed E-state index contributed by atoms with van der Waals surface area (Å²) >= 11 is 11.3. The Hall–Kier alpha value is -3.55. The Bertz CT molecular complexity index is 1190. The number of nitrogens with one attached hydrogen (secondary N) is 2. The summed E-state index contributed by atoms with van der Waals surface area (Å²) in [5, 5.41) is 7.35. The van der Waals surface area contributed by atoms with Crippen molar-refractivity contribution in [3.05, 3.63) is 89.8 Å². The van der Waals surface area contributed by atoms with Gasteiger partial charge in [0.05, 0.1) is 25.5 Å². The van der Waals surface area contributed by atoms with E-state index in [-0.39, 0.29) is 0 Å². The van der Waals surface area contributed by atoms with E-state index in [1.807, 2.05) is 66.7 Å². The molecule has 8 heteroatoms. The molecule has 4 rings (SSSR count). The van der Waals surface area contributed by atoms with Crippen molar-refractivity contribution in [3.63, 3.8) is 0 Å². The van der Waals surface area contributed by atoms with Gasteiger partial charge in [0.15, 0.2) is 16.6 Å². The quantitative estimate of drug-likeness (QED) is 0.311. The maximum absolute atomic E-state index is 5.93. The number of anilines is 1. The molecule has 0 aliphatic rings. The molecule has 0 saturated heterocycles. The van der Waals surface area contributed by atoms with Crippen LogP contribution in [0.2, 0.25) is 5.02 Å². The largest absolute Gasteiger partial charge is 0.493 e. The Morgan fingerprint density at radius 3 is 2.50 bits per heavy atom. The van der Waals surface area contributed by atoms with Gasteiger partial charge in [0, 0.05) is 16.7 Å². The first-order valence-corrected chi connectivity index (χ1v) is 10.6. The molecule has 2 aromatic heterocycles. The van der Waals surface area contributed by atoms with Crippen molar-refractivity contribution in [1.29, 1.82) is 0 Å². The van der Waals surface area contributed by atoms with Gasteiger partial charge in [-0.3, -0.25) is 0 Å². The second-order valence-electron chi connectivity index (χ2n) is 6.72. The summed E-state index contributed by atoms with van der Waals surface area (Å²) in [5.41, 5.74) is 1.69. The molecule has 0 saturated carbocycles. The monoisotopic (exact) mass is 465 g/mol. The highest BCUT2D eigenvalue weighted by Gasteiger charge is 2.08. The second-order valence-corrected chi connectivity index (χ2v) is 7.56. The lowest BCUT2D eigenvalue weighted by atomic mass is 10.2. The Kier molecular flexibility index (Phi) is 6.89. The molecule has 0 spiro atoms. The standard InChI is InChI=1S/C24H20ClN3O3S/c1-29-21-4-2-3-5-22(21)31-23-13-10-18(14-26-23)28-24(32)27-15-19-11-12-20(30-19)16-6-8-17(25)9-7-16/h2-14H,15H2,1H3,(H2,27,28,32). The van der Waals surface area contributed by atoms with Crippen LogP contribution in [0.15, 0.2) is 83.4 Å². The molecule has 0 aliphatic carbocycles. The molecule has 32 heavy (non-hydrogen) atoms. The number of halogens is 1. The van der Waals surface area contributed by atoms with Crippen LogP contribution in [-0.4, -0.2) is 17.2 Å². The zero-order valence-electron chi connectivity index (χ0n) is 17.2. The summed E-state index contributed by atoms with van der Waals surface area (Å²) in [6, 6.07) is 22.3. The fourth-order valence-corrected chi connectivity index (χ4v) is 3.23.